The predicted octanol–water partition coefficient (Wildman–Crippen LogP) is 6.75. The van der Waals surface area contributed by atoms with Gasteiger partial charge in [-0.1, -0.05) is 113 Å². The first-order chi connectivity index (χ1) is 36.6. The van der Waals surface area contributed by atoms with Crippen molar-refractivity contribution in [1.29, 1.82) is 0 Å². The maximum atomic E-state index is 15.9. The molecule has 5 aliphatic rings. The lowest BCUT2D eigenvalue weighted by Gasteiger charge is -2.67. The Morgan fingerprint density at radius 1 is 0.831 bits per heavy atom. The molecule has 2 saturated carbocycles. The van der Waals surface area contributed by atoms with Crippen LogP contribution < -0.4 is 5.32 Å². The molecule has 8 rings (SSSR count). The Labute approximate surface area is 449 Å². The van der Waals surface area contributed by atoms with Gasteiger partial charge in [-0.3, -0.25) is 19.2 Å². The maximum absolute atomic E-state index is 15.9. The van der Waals surface area contributed by atoms with E-state index in [1.165, 1.54) is 19.1 Å². The number of hydrogen-bond donors (Lipinski definition) is 3. The highest BCUT2D eigenvalue weighted by Crippen LogP contribution is 2.64. The molecule has 19 heteroatoms. The summed E-state index contributed by atoms with van der Waals surface area (Å²) in [6, 6.07) is 24.4. The summed E-state index contributed by atoms with van der Waals surface area (Å²) in [7, 11) is -3.62. The minimum absolute atomic E-state index is 0.00269. The summed E-state index contributed by atoms with van der Waals surface area (Å²) < 4.78 is 50.5. The van der Waals surface area contributed by atoms with Gasteiger partial charge in [-0.15, -0.1) is 0 Å². The van der Waals surface area contributed by atoms with E-state index in [0.717, 1.165) is 26.7 Å². The van der Waals surface area contributed by atoms with Crippen molar-refractivity contribution in [2.24, 2.45) is 16.7 Å². The molecule has 3 aromatic rings. The SMILES string of the molecule is CCCCOC(=O)CO[Si]1(O[C@@H](C(=O)O[C@H]2C[C@@]3(O)[C@@H](OC(=O)c4ccccc4)C4[C@](C)(C(=O)[C@H](OC(C)=O)C(=C2C)C3(C)C)[C@@H](O)C[C@H]2OC[C@@]42OC(C)=O)C(NC(=O)c2ccccc2)c2ccccc2)CCCCC1. The molecule has 11 atom stereocenters. The van der Waals surface area contributed by atoms with Crippen LogP contribution in [0.2, 0.25) is 12.1 Å². The van der Waals surface area contributed by atoms with Gasteiger partial charge in [0.05, 0.1) is 42.3 Å². The molecule has 4 fully saturated rings. The van der Waals surface area contributed by atoms with Crippen molar-refractivity contribution in [3.05, 3.63) is 119 Å². The Kier molecular flexibility index (Phi) is 17.1. The van der Waals surface area contributed by atoms with E-state index in [4.69, 9.17) is 37.3 Å². The van der Waals surface area contributed by atoms with Crippen molar-refractivity contribution < 1.29 is 81.0 Å². The highest BCUT2D eigenvalue weighted by Gasteiger charge is 2.78. The summed E-state index contributed by atoms with van der Waals surface area (Å²) in [6.07, 6.45) is -6.80. The zero-order valence-corrected chi connectivity index (χ0v) is 45.8. The van der Waals surface area contributed by atoms with Crippen molar-refractivity contribution >= 4 is 50.1 Å². The number of hydrogen-bond acceptors (Lipinski definition) is 17. The summed E-state index contributed by atoms with van der Waals surface area (Å²) in [4.78, 5) is 100. The first kappa shape index (κ1) is 57.1. The number of fused-ring (bicyclic) bond motifs is 5. The topological polar surface area (TPSA) is 246 Å². The van der Waals surface area contributed by atoms with Gasteiger partial charge >= 0.3 is 38.4 Å². The van der Waals surface area contributed by atoms with Gasteiger partial charge in [-0.05, 0) is 73.3 Å². The second-order valence-corrected chi connectivity index (χ2v) is 25.1. The van der Waals surface area contributed by atoms with Crippen LogP contribution in [0, 0.1) is 16.7 Å². The molecule has 2 unspecified atom stereocenters. The standard InChI is InChI=1S/C58H71NO17Si/c1-8-9-28-69-44(63)33-71-77(29-20-13-21-30-77)76-48(46(38-22-14-10-15-23-38)59-52(65)39-24-16-11-17-25-39)54(67)73-41-32-58(68)51(74-53(66)40-26-18-12-19-27-40)49-56(7,42(62)31-43-57(49,34-70-43)75-37(4)61)50(64)47(72-36(3)60)45(35(41)2)55(58,5)6/h10-12,14-19,22-27,41-43,46-49,51,62,68H,8-9,13,20-21,28-34H2,1-7H3,(H,59,65)/t41-,42-,43+,46?,47+,48+,49?,51-,56+,57-,58+/m0/s1. The van der Waals surface area contributed by atoms with Gasteiger partial charge in [0, 0.05) is 37.7 Å². The van der Waals surface area contributed by atoms with Crippen LogP contribution in [-0.2, 0) is 61.2 Å². The zero-order chi connectivity index (χ0) is 55.5. The van der Waals surface area contributed by atoms with E-state index in [1.807, 2.05) is 6.92 Å². The molecule has 1 amide bonds. The van der Waals surface area contributed by atoms with Gasteiger partial charge in [0.1, 0.15) is 30.5 Å². The average Bonchev–Trinajstić information content (AvgIpc) is 3.41. The summed E-state index contributed by atoms with van der Waals surface area (Å²) in [5.74, 6) is -7.28. The Hall–Kier alpha value is -6.09. The number of unbranched alkanes of at least 4 members (excludes halogenated alkanes) is 1. The number of ketones is 1. The highest BCUT2D eigenvalue weighted by atomic mass is 28.4. The van der Waals surface area contributed by atoms with E-state index < -0.39 is 134 Å². The fourth-order valence-corrected chi connectivity index (χ4v) is 16.0. The number of ether oxygens (including phenoxy) is 6. The first-order valence-corrected chi connectivity index (χ1v) is 28.8. The molecule has 2 aliphatic heterocycles. The summed E-state index contributed by atoms with van der Waals surface area (Å²) >= 11 is 0. The van der Waals surface area contributed by atoms with Crippen LogP contribution in [0.25, 0.3) is 0 Å². The fourth-order valence-electron chi connectivity index (χ4n) is 12.5. The molecule has 2 bridgehead atoms. The molecule has 3 aliphatic carbocycles. The number of Topliss-reactive ketones (excluding diaryl/α,β-unsaturated/α-hetero) is 1. The first-order valence-electron chi connectivity index (χ1n) is 26.6. The van der Waals surface area contributed by atoms with Crippen LogP contribution in [0.3, 0.4) is 0 Å². The summed E-state index contributed by atoms with van der Waals surface area (Å²) in [5.41, 5.74) is -7.08. The lowest BCUT2D eigenvalue weighted by Crippen LogP contribution is -2.82. The summed E-state index contributed by atoms with van der Waals surface area (Å²) in [5, 5.41) is 29.5. The van der Waals surface area contributed by atoms with E-state index in [2.05, 4.69) is 5.32 Å². The van der Waals surface area contributed by atoms with Crippen LogP contribution in [0.4, 0.5) is 0 Å². The van der Waals surface area contributed by atoms with Crippen LogP contribution in [0.1, 0.15) is 126 Å². The lowest BCUT2D eigenvalue weighted by molar-refractivity contribution is -0.346. The number of aliphatic hydroxyl groups is 2. The molecular formula is C58H71NO17Si. The molecule has 2 heterocycles. The number of carbonyl (C=O) groups excluding carboxylic acids is 7. The molecule has 0 radical (unpaired) electrons. The molecule has 3 aromatic carbocycles. The Morgan fingerprint density at radius 2 is 1.45 bits per heavy atom. The van der Waals surface area contributed by atoms with Crippen molar-refractivity contribution in [3.63, 3.8) is 0 Å². The number of amides is 1. The molecule has 77 heavy (non-hydrogen) atoms. The molecule has 18 nitrogen and oxygen atoms in total. The number of benzene rings is 3. The van der Waals surface area contributed by atoms with Crippen molar-refractivity contribution in [2.45, 2.75) is 159 Å². The molecule has 0 aromatic heterocycles. The second kappa shape index (κ2) is 23.1. The molecular weight excluding hydrogens is 1010 g/mol. The minimum Gasteiger partial charge on any atom is -0.464 e. The number of carbonyl (C=O) groups is 7. The molecule has 3 N–H and O–H groups in total. The number of aliphatic hydroxyl groups excluding tert-OH is 1. The zero-order valence-electron chi connectivity index (χ0n) is 44.8. The smallest absolute Gasteiger partial charge is 0.339 e. The molecule has 414 valence electrons. The van der Waals surface area contributed by atoms with E-state index in [9.17, 15) is 34.2 Å². The number of rotatable bonds is 18. The minimum atomic E-state index is -3.62. The largest absolute Gasteiger partial charge is 0.464 e. The molecule has 2 saturated heterocycles. The number of nitrogens with one attached hydrogen (secondary N) is 1. The van der Waals surface area contributed by atoms with Crippen molar-refractivity contribution in [3.8, 4) is 0 Å². The quantitative estimate of drug-likeness (QED) is 0.0392. The van der Waals surface area contributed by atoms with Gasteiger partial charge in [-0.2, -0.15) is 0 Å². The Morgan fingerprint density at radius 3 is 2.04 bits per heavy atom. The van der Waals surface area contributed by atoms with Gasteiger partial charge in [0.25, 0.3) is 5.91 Å². The van der Waals surface area contributed by atoms with Crippen molar-refractivity contribution in [1.82, 2.24) is 5.32 Å². The maximum Gasteiger partial charge on any atom is 0.339 e. The van der Waals surface area contributed by atoms with Crippen LogP contribution >= 0.6 is 0 Å². The second-order valence-electron chi connectivity index (χ2n) is 21.8. The monoisotopic (exact) mass is 1080 g/mol. The van der Waals surface area contributed by atoms with E-state index in [0.29, 0.717) is 36.9 Å². The third-order valence-corrected chi connectivity index (χ3v) is 20.2. The average molecular weight is 1080 g/mol. The van der Waals surface area contributed by atoms with Gasteiger partial charge in [0.15, 0.2) is 23.6 Å². The normalized spacial score (nSPS) is 29.8. The van der Waals surface area contributed by atoms with E-state index >= 15 is 9.59 Å². The fraction of sp³-hybridized carbons (Fsp3) is 0.534. The lowest BCUT2D eigenvalue weighted by atomic mass is 9.44. The van der Waals surface area contributed by atoms with Crippen molar-refractivity contribution in [2.75, 3.05) is 19.8 Å². The third kappa shape index (κ3) is 11.0. The van der Waals surface area contributed by atoms with Gasteiger partial charge < -0.3 is 52.8 Å². The molecule has 0 spiro atoms. The number of esters is 5. The Balaban J connectivity index is 1.30. The summed E-state index contributed by atoms with van der Waals surface area (Å²) in [6.45, 7) is 9.82. The van der Waals surface area contributed by atoms with Crippen LogP contribution in [0.5, 0.6) is 0 Å². The van der Waals surface area contributed by atoms with Crippen LogP contribution in [0.15, 0.2) is 102 Å². The predicted molar refractivity (Wildman–Crippen MR) is 278 cm³/mol. The third-order valence-electron chi connectivity index (χ3n) is 16.6. The highest BCUT2D eigenvalue weighted by molar-refractivity contribution is 6.68. The van der Waals surface area contributed by atoms with Crippen LogP contribution in [-0.4, -0.2) is 128 Å². The van der Waals surface area contributed by atoms with E-state index in [-0.39, 0.29) is 41.9 Å². The van der Waals surface area contributed by atoms with Gasteiger partial charge in [0.2, 0.25) is 0 Å². The Bertz CT molecular complexity index is 2710. The van der Waals surface area contributed by atoms with Gasteiger partial charge in [-0.25, -0.2) is 14.4 Å². The van der Waals surface area contributed by atoms with E-state index in [1.54, 1.807) is 99.6 Å².